The summed E-state index contributed by atoms with van der Waals surface area (Å²) >= 11 is 0. The lowest BCUT2D eigenvalue weighted by Crippen LogP contribution is -2.56. The highest BCUT2D eigenvalue weighted by molar-refractivity contribution is 5.72. The highest BCUT2D eigenvalue weighted by atomic mass is 16.6. The predicted octanol–water partition coefficient (Wildman–Crippen LogP) is 3.41. The van der Waals surface area contributed by atoms with Crippen molar-refractivity contribution in [2.45, 2.75) is 38.0 Å². The van der Waals surface area contributed by atoms with E-state index in [9.17, 15) is 9.90 Å². The number of rotatable bonds is 7. The van der Waals surface area contributed by atoms with E-state index in [4.69, 9.17) is 14.2 Å². The molecule has 2 atom stereocenters. The Morgan fingerprint density at radius 3 is 2.32 bits per heavy atom. The normalized spacial score (nSPS) is 24.2. The number of hydrogen-bond acceptors (Lipinski definition) is 5. The Labute approximate surface area is 165 Å². The molecule has 6 nitrogen and oxygen atoms in total. The number of methoxy groups -OCH3 is 2. The molecular formula is C22H27NO5. The molecule has 3 rings (SSSR count). The van der Waals surface area contributed by atoms with Crippen LogP contribution in [0.4, 0.5) is 4.79 Å². The molecule has 0 spiro atoms. The van der Waals surface area contributed by atoms with Crippen LogP contribution in [0.2, 0.25) is 0 Å². The third kappa shape index (κ3) is 3.64. The van der Waals surface area contributed by atoms with Crippen molar-refractivity contribution in [3.05, 3.63) is 59.7 Å². The lowest BCUT2D eigenvalue weighted by Gasteiger charge is -2.37. The minimum absolute atomic E-state index is 0.325. The number of carbonyl (C=O) groups is 1. The van der Waals surface area contributed by atoms with Gasteiger partial charge >= 0.3 is 6.09 Å². The Balaban J connectivity index is 1.75. The van der Waals surface area contributed by atoms with E-state index in [2.05, 4.69) is 0 Å². The standard InChI is InChI=1S/C22H27NO5/c1-21(15-17-8-6-5-7-9-17)22(2,25)23(20(24)28-21)13-12-16-10-11-18(26-3)19(14-16)27-4/h5-11,14,25H,12-13,15H2,1-4H3/t21-,22+/m1/s1. The van der Waals surface area contributed by atoms with Gasteiger partial charge in [0.2, 0.25) is 0 Å². The van der Waals surface area contributed by atoms with Crippen LogP contribution in [0.1, 0.15) is 25.0 Å². The van der Waals surface area contributed by atoms with Crippen molar-refractivity contribution in [3.8, 4) is 11.5 Å². The van der Waals surface area contributed by atoms with Crippen LogP contribution in [0.5, 0.6) is 11.5 Å². The van der Waals surface area contributed by atoms with Gasteiger partial charge in [0.25, 0.3) is 0 Å². The number of ether oxygens (including phenoxy) is 3. The quantitative estimate of drug-likeness (QED) is 0.791. The van der Waals surface area contributed by atoms with Gasteiger partial charge in [-0.25, -0.2) is 4.79 Å². The van der Waals surface area contributed by atoms with Crippen molar-refractivity contribution in [2.75, 3.05) is 20.8 Å². The second-order valence-corrected chi connectivity index (χ2v) is 7.37. The lowest BCUT2D eigenvalue weighted by atomic mass is 9.86. The summed E-state index contributed by atoms with van der Waals surface area (Å²) in [6.07, 6.45) is 0.468. The first kappa shape index (κ1) is 20.0. The van der Waals surface area contributed by atoms with Gasteiger partial charge in [0.05, 0.1) is 14.2 Å². The van der Waals surface area contributed by atoms with Crippen LogP contribution < -0.4 is 9.47 Å². The Bertz CT molecular complexity index is 836. The van der Waals surface area contributed by atoms with E-state index >= 15 is 0 Å². The summed E-state index contributed by atoms with van der Waals surface area (Å²) in [6.45, 7) is 3.73. The molecule has 1 amide bonds. The Morgan fingerprint density at radius 2 is 1.68 bits per heavy atom. The van der Waals surface area contributed by atoms with Gasteiger partial charge in [-0.2, -0.15) is 0 Å². The van der Waals surface area contributed by atoms with E-state index in [1.54, 1.807) is 28.1 Å². The van der Waals surface area contributed by atoms with Gasteiger partial charge in [-0.3, -0.25) is 4.90 Å². The smallest absolute Gasteiger partial charge is 0.412 e. The zero-order chi connectivity index (χ0) is 20.4. The molecule has 0 saturated carbocycles. The monoisotopic (exact) mass is 385 g/mol. The molecule has 1 aliphatic rings. The zero-order valence-corrected chi connectivity index (χ0v) is 16.8. The van der Waals surface area contributed by atoms with Crippen molar-refractivity contribution >= 4 is 6.09 Å². The van der Waals surface area contributed by atoms with Gasteiger partial charge in [0.15, 0.2) is 22.8 Å². The molecule has 0 radical (unpaired) electrons. The summed E-state index contributed by atoms with van der Waals surface area (Å²) in [5.41, 5.74) is -0.503. The molecule has 1 aliphatic heterocycles. The maximum Gasteiger partial charge on any atom is 0.412 e. The van der Waals surface area contributed by atoms with Gasteiger partial charge in [0, 0.05) is 13.0 Å². The summed E-state index contributed by atoms with van der Waals surface area (Å²) in [6, 6.07) is 15.3. The van der Waals surface area contributed by atoms with E-state index in [1.165, 1.54) is 4.90 Å². The molecule has 150 valence electrons. The van der Waals surface area contributed by atoms with Crippen molar-refractivity contribution in [1.82, 2.24) is 4.90 Å². The first-order valence-corrected chi connectivity index (χ1v) is 9.28. The fourth-order valence-corrected chi connectivity index (χ4v) is 3.58. The highest BCUT2D eigenvalue weighted by Crippen LogP contribution is 2.40. The molecule has 6 heteroatoms. The van der Waals surface area contributed by atoms with Crippen molar-refractivity contribution in [3.63, 3.8) is 0 Å². The molecule has 0 aliphatic carbocycles. The van der Waals surface area contributed by atoms with Crippen LogP contribution in [0.15, 0.2) is 48.5 Å². The lowest BCUT2D eigenvalue weighted by molar-refractivity contribution is -0.135. The van der Waals surface area contributed by atoms with Crippen LogP contribution >= 0.6 is 0 Å². The van der Waals surface area contributed by atoms with Gasteiger partial charge in [-0.05, 0) is 43.5 Å². The largest absolute Gasteiger partial charge is 0.493 e. The van der Waals surface area contributed by atoms with Gasteiger partial charge in [-0.1, -0.05) is 36.4 Å². The minimum Gasteiger partial charge on any atom is -0.493 e. The summed E-state index contributed by atoms with van der Waals surface area (Å²) < 4.78 is 16.2. The first-order chi connectivity index (χ1) is 13.3. The number of hydrogen-bond donors (Lipinski definition) is 1. The molecule has 0 bridgehead atoms. The number of nitrogens with zero attached hydrogens (tertiary/aromatic N) is 1. The maximum absolute atomic E-state index is 12.5. The predicted molar refractivity (Wildman–Crippen MR) is 106 cm³/mol. The topological polar surface area (TPSA) is 68.2 Å². The second kappa shape index (κ2) is 7.72. The van der Waals surface area contributed by atoms with Gasteiger partial charge in [-0.15, -0.1) is 0 Å². The fourth-order valence-electron chi connectivity index (χ4n) is 3.58. The Hall–Kier alpha value is -2.73. The zero-order valence-electron chi connectivity index (χ0n) is 16.8. The van der Waals surface area contributed by atoms with E-state index < -0.39 is 17.4 Å². The molecule has 1 saturated heterocycles. The van der Waals surface area contributed by atoms with E-state index in [1.807, 2.05) is 48.5 Å². The summed E-state index contributed by atoms with van der Waals surface area (Å²) in [5.74, 6) is 1.28. The molecular weight excluding hydrogens is 358 g/mol. The SMILES string of the molecule is COc1ccc(CCN2C(=O)O[C@](C)(Cc3ccccc3)[C@]2(C)O)cc1OC. The third-order valence-corrected chi connectivity index (χ3v) is 5.52. The second-order valence-electron chi connectivity index (χ2n) is 7.37. The molecule has 0 unspecified atom stereocenters. The van der Waals surface area contributed by atoms with Crippen molar-refractivity contribution in [2.24, 2.45) is 0 Å². The Kier molecular flexibility index (Phi) is 5.52. The van der Waals surface area contributed by atoms with Crippen LogP contribution in [-0.2, 0) is 17.6 Å². The number of cyclic esters (lactones) is 1. The van der Waals surface area contributed by atoms with E-state index in [-0.39, 0.29) is 0 Å². The van der Waals surface area contributed by atoms with Crippen LogP contribution in [-0.4, -0.2) is 48.2 Å². The number of amides is 1. The minimum atomic E-state index is -1.43. The van der Waals surface area contributed by atoms with Crippen LogP contribution in [0, 0.1) is 0 Å². The number of aliphatic hydroxyl groups is 1. The molecule has 28 heavy (non-hydrogen) atoms. The number of benzene rings is 2. The van der Waals surface area contributed by atoms with Crippen LogP contribution in [0.3, 0.4) is 0 Å². The molecule has 2 aromatic rings. The molecule has 2 aromatic carbocycles. The average Bonchev–Trinajstić information content (AvgIpc) is 2.84. The first-order valence-electron chi connectivity index (χ1n) is 9.28. The van der Waals surface area contributed by atoms with Gasteiger partial charge < -0.3 is 19.3 Å². The fraction of sp³-hybridized carbons (Fsp3) is 0.409. The van der Waals surface area contributed by atoms with E-state index in [0.29, 0.717) is 30.9 Å². The third-order valence-electron chi connectivity index (χ3n) is 5.52. The Morgan fingerprint density at radius 1 is 1.00 bits per heavy atom. The van der Waals surface area contributed by atoms with Gasteiger partial charge in [0.1, 0.15) is 0 Å². The van der Waals surface area contributed by atoms with Crippen molar-refractivity contribution in [1.29, 1.82) is 0 Å². The molecule has 1 N–H and O–H groups in total. The maximum atomic E-state index is 12.5. The van der Waals surface area contributed by atoms with E-state index in [0.717, 1.165) is 11.1 Å². The molecule has 1 fully saturated rings. The molecule has 0 aromatic heterocycles. The highest BCUT2D eigenvalue weighted by Gasteiger charge is 2.58. The summed E-state index contributed by atoms with van der Waals surface area (Å²) in [4.78, 5) is 13.9. The summed E-state index contributed by atoms with van der Waals surface area (Å²) in [5, 5.41) is 11.2. The number of carbonyl (C=O) groups excluding carboxylic acids is 1. The molecule has 1 heterocycles. The summed E-state index contributed by atoms with van der Waals surface area (Å²) in [7, 11) is 3.17. The van der Waals surface area contributed by atoms with Crippen molar-refractivity contribution < 1.29 is 24.1 Å². The average molecular weight is 385 g/mol. The van der Waals surface area contributed by atoms with Crippen LogP contribution in [0.25, 0.3) is 0 Å².